The third-order valence-corrected chi connectivity index (χ3v) is 3.13. The second-order valence-corrected chi connectivity index (χ2v) is 4.58. The first kappa shape index (κ1) is 16.3. The van der Waals surface area contributed by atoms with Crippen molar-refractivity contribution in [3.63, 3.8) is 0 Å². The lowest BCUT2D eigenvalue weighted by atomic mass is 10.1. The summed E-state index contributed by atoms with van der Waals surface area (Å²) in [5.74, 6) is -0.329. The van der Waals surface area contributed by atoms with Crippen molar-refractivity contribution in [2.24, 2.45) is 0 Å². The van der Waals surface area contributed by atoms with Crippen molar-refractivity contribution < 1.29 is 14.3 Å². The molecule has 0 amide bonds. The van der Waals surface area contributed by atoms with Crippen LogP contribution < -0.4 is 10.6 Å². The molecule has 0 aromatic heterocycles. The van der Waals surface area contributed by atoms with Crippen LogP contribution in [0, 0.1) is 0 Å². The molecule has 0 radical (unpaired) electrons. The van der Waals surface area contributed by atoms with E-state index in [0.717, 1.165) is 12.2 Å². The van der Waals surface area contributed by atoms with E-state index in [-0.39, 0.29) is 12.0 Å². The van der Waals surface area contributed by atoms with E-state index in [0.29, 0.717) is 24.5 Å². The van der Waals surface area contributed by atoms with E-state index in [1.54, 1.807) is 32.2 Å². The molecule has 5 nitrogen and oxygen atoms in total. The number of carbonyl (C=O) groups excluding carboxylic acids is 1. The number of benzene rings is 1. The van der Waals surface area contributed by atoms with Crippen LogP contribution in [0.4, 0.5) is 11.4 Å². The highest BCUT2D eigenvalue weighted by Gasteiger charge is 2.17. The summed E-state index contributed by atoms with van der Waals surface area (Å²) >= 11 is 0. The largest absolute Gasteiger partial charge is 0.462 e. The Balaban J connectivity index is 3.08. The molecule has 2 N–H and O–H groups in total. The maximum atomic E-state index is 11.8. The molecule has 0 fully saturated rings. The molecule has 0 aliphatic carbocycles. The number of likely N-dealkylation sites (N-methyl/N-ethyl adjacent to an activating group) is 1. The number of ether oxygens (including phenoxy) is 2. The van der Waals surface area contributed by atoms with E-state index in [2.05, 4.69) is 11.8 Å². The third-order valence-electron chi connectivity index (χ3n) is 3.13. The predicted octanol–water partition coefficient (Wildman–Crippen LogP) is 2.31. The van der Waals surface area contributed by atoms with Gasteiger partial charge >= 0.3 is 5.97 Å². The van der Waals surface area contributed by atoms with Gasteiger partial charge < -0.3 is 20.1 Å². The minimum absolute atomic E-state index is 0.171. The number of nitrogens with two attached hydrogens (primary N) is 1. The highest BCUT2D eigenvalue weighted by Crippen LogP contribution is 2.26. The first-order valence-corrected chi connectivity index (χ1v) is 6.87. The average molecular weight is 280 g/mol. The molecule has 0 bridgehead atoms. The molecule has 1 unspecified atom stereocenters. The topological polar surface area (TPSA) is 64.8 Å². The molecule has 0 spiro atoms. The Labute approximate surface area is 120 Å². The Morgan fingerprint density at radius 3 is 2.65 bits per heavy atom. The van der Waals surface area contributed by atoms with E-state index in [9.17, 15) is 4.79 Å². The summed E-state index contributed by atoms with van der Waals surface area (Å²) in [6.45, 7) is 7.62. The maximum Gasteiger partial charge on any atom is 0.338 e. The van der Waals surface area contributed by atoms with Crippen molar-refractivity contribution in [3.8, 4) is 0 Å². The normalized spacial score (nSPS) is 12.0. The number of hydrogen-bond donors (Lipinski definition) is 1. The van der Waals surface area contributed by atoms with Crippen molar-refractivity contribution in [2.75, 3.05) is 37.5 Å². The third kappa shape index (κ3) is 3.87. The second kappa shape index (κ2) is 7.75. The molecule has 0 saturated heterocycles. The number of nitrogen functional groups attached to an aromatic ring is 1. The van der Waals surface area contributed by atoms with E-state index < -0.39 is 0 Å². The standard InChI is InChI=1S/C15H24N2O3/c1-5-17(11(3)10-19-4)14-9-12(7-8-13(14)16)15(18)20-6-2/h7-9,11H,5-6,10,16H2,1-4H3. The van der Waals surface area contributed by atoms with Gasteiger partial charge in [-0.2, -0.15) is 0 Å². The van der Waals surface area contributed by atoms with Gasteiger partial charge in [0.2, 0.25) is 0 Å². The lowest BCUT2D eigenvalue weighted by Gasteiger charge is -2.31. The van der Waals surface area contributed by atoms with Crippen LogP contribution >= 0.6 is 0 Å². The monoisotopic (exact) mass is 280 g/mol. The number of methoxy groups -OCH3 is 1. The van der Waals surface area contributed by atoms with Crippen LogP contribution in [0.2, 0.25) is 0 Å². The average Bonchev–Trinajstić information content (AvgIpc) is 2.42. The van der Waals surface area contributed by atoms with Crippen molar-refractivity contribution in [1.82, 2.24) is 0 Å². The van der Waals surface area contributed by atoms with Gasteiger partial charge in [0.15, 0.2) is 0 Å². The van der Waals surface area contributed by atoms with Crippen molar-refractivity contribution in [3.05, 3.63) is 23.8 Å². The zero-order valence-corrected chi connectivity index (χ0v) is 12.7. The first-order valence-electron chi connectivity index (χ1n) is 6.87. The van der Waals surface area contributed by atoms with E-state index in [1.165, 1.54) is 0 Å². The molecule has 1 atom stereocenters. The van der Waals surface area contributed by atoms with E-state index >= 15 is 0 Å². The molecule has 20 heavy (non-hydrogen) atoms. The Bertz CT molecular complexity index is 449. The quantitative estimate of drug-likeness (QED) is 0.613. The van der Waals surface area contributed by atoms with Crippen LogP contribution in [0.15, 0.2) is 18.2 Å². The van der Waals surface area contributed by atoms with Gasteiger partial charge in [-0.05, 0) is 39.0 Å². The molecule has 5 heteroatoms. The lowest BCUT2D eigenvalue weighted by Crippen LogP contribution is -2.36. The van der Waals surface area contributed by atoms with Gasteiger partial charge in [-0.15, -0.1) is 0 Å². The van der Waals surface area contributed by atoms with Gasteiger partial charge in [-0.25, -0.2) is 4.79 Å². The van der Waals surface area contributed by atoms with Gasteiger partial charge in [0.1, 0.15) is 0 Å². The molecule has 0 saturated carbocycles. The second-order valence-electron chi connectivity index (χ2n) is 4.58. The minimum Gasteiger partial charge on any atom is -0.462 e. The fourth-order valence-electron chi connectivity index (χ4n) is 2.18. The molecule has 112 valence electrons. The van der Waals surface area contributed by atoms with Gasteiger partial charge in [0.25, 0.3) is 0 Å². The maximum absolute atomic E-state index is 11.8. The predicted molar refractivity (Wildman–Crippen MR) is 81.2 cm³/mol. The zero-order chi connectivity index (χ0) is 15.1. The molecule has 0 aliphatic rings. The first-order chi connectivity index (χ1) is 9.54. The summed E-state index contributed by atoms with van der Waals surface area (Å²) in [7, 11) is 1.67. The fourth-order valence-corrected chi connectivity index (χ4v) is 2.18. The Morgan fingerprint density at radius 2 is 2.10 bits per heavy atom. The Hall–Kier alpha value is -1.75. The van der Waals surface area contributed by atoms with Crippen LogP contribution in [0.5, 0.6) is 0 Å². The zero-order valence-electron chi connectivity index (χ0n) is 12.7. The molecule has 0 aliphatic heterocycles. The summed E-state index contributed by atoms with van der Waals surface area (Å²) in [6, 6.07) is 5.38. The highest BCUT2D eigenvalue weighted by atomic mass is 16.5. The van der Waals surface area contributed by atoms with Crippen molar-refractivity contribution in [1.29, 1.82) is 0 Å². The van der Waals surface area contributed by atoms with Crippen LogP contribution in [0.1, 0.15) is 31.1 Å². The number of hydrogen-bond acceptors (Lipinski definition) is 5. The molecule has 1 aromatic carbocycles. The molecular formula is C15H24N2O3. The summed E-state index contributed by atoms with van der Waals surface area (Å²) in [6.07, 6.45) is 0. The molecular weight excluding hydrogens is 256 g/mol. The summed E-state index contributed by atoms with van der Waals surface area (Å²) in [5.41, 5.74) is 8.03. The Kier molecular flexibility index (Phi) is 6.31. The van der Waals surface area contributed by atoms with E-state index in [4.69, 9.17) is 15.2 Å². The summed E-state index contributed by atoms with van der Waals surface area (Å²) < 4.78 is 10.2. The lowest BCUT2D eigenvalue weighted by molar-refractivity contribution is 0.0526. The van der Waals surface area contributed by atoms with Crippen molar-refractivity contribution in [2.45, 2.75) is 26.8 Å². The molecule has 1 aromatic rings. The van der Waals surface area contributed by atoms with Crippen LogP contribution in [-0.4, -0.2) is 38.9 Å². The fraction of sp³-hybridized carbons (Fsp3) is 0.533. The highest BCUT2D eigenvalue weighted by molar-refractivity contribution is 5.92. The number of carbonyl (C=O) groups is 1. The number of nitrogens with zero attached hydrogens (tertiary/aromatic N) is 1. The van der Waals surface area contributed by atoms with E-state index in [1.807, 2.05) is 6.92 Å². The van der Waals surface area contributed by atoms with Gasteiger partial charge in [0.05, 0.1) is 30.2 Å². The van der Waals surface area contributed by atoms with Crippen LogP contribution in [0.25, 0.3) is 0 Å². The smallest absolute Gasteiger partial charge is 0.338 e. The summed E-state index contributed by atoms with van der Waals surface area (Å²) in [4.78, 5) is 13.9. The number of anilines is 2. The summed E-state index contributed by atoms with van der Waals surface area (Å²) in [5, 5.41) is 0. The van der Waals surface area contributed by atoms with Gasteiger partial charge in [-0.3, -0.25) is 0 Å². The Morgan fingerprint density at radius 1 is 1.40 bits per heavy atom. The molecule has 0 heterocycles. The van der Waals surface area contributed by atoms with Gasteiger partial charge in [0, 0.05) is 19.7 Å². The van der Waals surface area contributed by atoms with Crippen molar-refractivity contribution >= 4 is 17.3 Å². The molecule has 1 rings (SSSR count). The number of rotatable bonds is 7. The van der Waals surface area contributed by atoms with Crippen LogP contribution in [-0.2, 0) is 9.47 Å². The number of esters is 1. The SMILES string of the molecule is CCOC(=O)c1ccc(N)c(N(CC)C(C)COC)c1. The van der Waals surface area contributed by atoms with Gasteiger partial charge in [-0.1, -0.05) is 0 Å². The minimum atomic E-state index is -0.329. The van der Waals surface area contributed by atoms with Crippen LogP contribution in [0.3, 0.4) is 0 Å².